The Labute approximate surface area is 299 Å². The lowest BCUT2D eigenvalue weighted by Gasteiger charge is -2.46. The molecule has 3 rings (SSSR count). The molecule has 0 aromatic heterocycles. The van der Waals surface area contributed by atoms with Gasteiger partial charge in [-0.05, 0) is 19.9 Å². The number of carbonyl (C=O) groups excluding carboxylic acids is 1. The highest BCUT2D eigenvalue weighted by Crippen LogP contribution is 2.30. The van der Waals surface area contributed by atoms with E-state index in [0.717, 1.165) is 0 Å². The van der Waals surface area contributed by atoms with Crippen LogP contribution in [0.4, 0.5) is 0 Å². The molecular formula is C30H56N2O20. The SMILES string of the molecule is CC(=O)NC(CNCCCOCC1OC(OCC2OC(C)C(O)C(OC3OC(CO)C(O)C(O)C3O)C2O)C(O)C(O)C1O)C(O)C(O)C(O)CO. The summed E-state index contributed by atoms with van der Waals surface area (Å²) in [6.45, 7) is 0.739. The van der Waals surface area contributed by atoms with Crippen molar-refractivity contribution in [3.8, 4) is 0 Å². The van der Waals surface area contributed by atoms with Gasteiger partial charge in [-0.1, -0.05) is 0 Å². The Morgan fingerprint density at radius 2 is 1.33 bits per heavy atom. The molecule has 15 N–H and O–H groups in total. The molecule has 0 aromatic rings. The number of carbonyl (C=O) groups is 1. The van der Waals surface area contributed by atoms with E-state index in [0.29, 0.717) is 13.0 Å². The maximum atomic E-state index is 11.5. The average molecular weight is 765 g/mol. The van der Waals surface area contributed by atoms with Crippen LogP contribution in [0.3, 0.4) is 0 Å². The van der Waals surface area contributed by atoms with E-state index in [1.165, 1.54) is 13.8 Å². The number of aliphatic hydroxyl groups excluding tert-OH is 13. The van der Waals surface area contributed by atoms with Crippen molar-refractivity contribution < 1.29 is 99.6 Å². The molecule has 0 radical (unpaired) electrons. The number of aliphatic hydroxyl groups is 13. The lowest BCUT2D eigenvalue weighted by molar-refractivity contribution is -0.346. The second-order valence-electron chi connectivity index (χ2n) is 13.2. The van der Waals surface area contributed by atoms with Gasteiger partial charge in [0.05, 0.1) is 38.6 Å². The normalized spacial score (nSPS) is 40.9. The fourth-order valence-electron chi connectivity index (χ4n) is 5.98. The number of amides is 1. The fraction of sp³-hybridized carbons (Fsp3) is 0.967. The van der Waals surface area contributed by atoms with Gasteiger partial charge in [-0.3, -0.25) is 4.79 Å². The number of hydrogen-bond acceptors (Lipinski definition) is 21. The Hall–Kier alpha value is -1.33. The molecular weight excluding hydrogens is 708 g/mol. The van der Waals surface area contributed by atoms with Crippen molar-refractivity contribution in [3.05, 3.63) is 0 Å². The minimum atomic E-state index is -1.81. The number of nitrogens with one attached hydrogen (secondary N) is 2. The largest absolute Gasteiger partial charge is 0.394 e. The molecule has 1 amide bonds. The Morgan fingerprint density at radius 1 is 0.731 bits per heavy atom. The zero-order valence-corrected chi connectivity index (χ0v) is 28.8. The molecule has 3 heterocycles. The summed E-state index contributed by atoms with van der Waals surface area (Å²) in [5.41, 5.74) is 0. The van der Waals surface area contributed by atoms with Gasteiger partial charge in [0.15, 0.2) is 12.6 Å². The quantitative estimate of drug-likeness (QED) is 0.0543. The lowest BCUT2D eigenvalue weighted by atomic mass is 9.94. The zero-order chi connectivity index (χ0) is 38.9. The molecule has 19 unspecified atom stereocenters. The molecule has 3 aliphatic rings. The molecule has 0 spiro atoms. The van der Waals surface area contributed by atoms with Gasteiger partial charge in [0.1, 0.15) is 91.6 Å². The number of ether oxygens (including phenoxy) is 6. The average Bonchev–Trinajstić information content (AvgIpc) is 3.12. The summed E-state index contributed by atoms with van der Waals surface area (Å²) < 4.78 is 33.4. The summed E-state index contributed by atoms with van der Waals surface area (Å²) in [5.74, 6) is -0.499. The highest BCUT2D eigenvalue weighted by molar-refractivity contribution is 5.73. The van der Waals surface area contributed by atoms with Crippen molar-refractivity contribution in [2.24, 2.45) is 0 Å². The van der Waals surface area contributed by atoms with Crippen LogP contribution < -0.4 is 10.6 Å². The standard InChI is InChI=1S/C30H56N2O20/c1-11-18(37)28(52-30-27(46)24(43)21(40)15(8-34)50-30)23(42)17(49-11)10-48-29-26(45)25(44)22(41)16(51-29)9-47-5-3-4-31-6-13(32-12(2)35)19(38)20(39)14(36)7-33/h11,13-31,33-34,36-46H,3-10H2,1-2H3,(H,32,35). The van der Waals surface area contributed by atoms with Crippen LogP contribution in [0.1, 0.15) is 20.3 Å². The summed E-state index contributed by atoms with van der Waals surface area (Å²) >= 11 is 0. The topological polar surface area (TPSA) is 360 Å². The number of rotatable bonds is 19. The summed E-state index contributed by atoms with van der Waals surface area (Å²) in [5, 5.41) is 137. The third-order valence-electron chi connectivity index (χ3n) is 9.18. The Morgan fingerprint density at radius 3 is 1.94 bits per heavy atom. The molecule has 3 fully saturated rings. The smallest absolute Gasteiger partial charge is 0.217 e. The van der Waals surface area contributed by atoms with Gasteiger partial charge >= 0.3 is 0 Å². The van der Waals surface area contributed by atoms with E-state index in [4.69, 9.17) is 33.5 Å². The Kier molecular flexibility index (Phi) is 18.3. The molecule has 3 saturated heterocycles. The van der Waals surface area contributed by atoms with Crippen LogP contribution in [0.15, 0.2) is 0 Å². The maximum absolute atomic E-state index is 11.5. The molecule has 0 aromatic carbocycles. The van der Waals surface area contributed by atoms with Gasteiger partial charge < -0.3 is 105 Å². The predicted octanol–water partition coefficient (Wildman–Crippen LogP) is -8.92. The van der Waals surface area contributed by atoms with Gasteiger partial charge in [0, 0.05) is 20.1 Å². The molecule has 22 nitrogen and oxygen atoms in total. The van der Waals surface area contributed by atoms with Crippen LogP contribution in [0.5, 0.6) is 0 Å². The van der Waals surface area contributed by atoms with E-state index >= 15 is 0 Å². The summed E-state index contributed by atoms with van der Waals surface area (Å²) in [6.07, 6.45) is -27.4. The van der Waals surface area contributed by atoms with E-state index < -0.39 is 142 Å². The third kappa shape index (κ3) is 11.6. The summed E-state index contributed by atoms with van der Waals surface area (Å²) in [4.78, 5) is 11.5. The monoisotopic (exact) mass is 764 g/mol. The Balaban J connectivity index is 1.48. The predicted molar refractivity (Wildman–Crippen MR) is 169 cm³/mol. The first-order chi connectivity index (χ1) is 24.5. The molecule has 306 valence electrons. The van der Waals surface area contributed by atoms with Gasteiger partial charge in [-0.2, -0.15) is 0 Å². The minimum absolute atomic E-state index is 0.0126. The molecule has 3 aliphatic heterocycles. The highest BCUT2D eigenvalue weighted by Gasteiger charge is 2.51. The third-order valence-corrected chi connectivity index (χ3v) is 9.18. The molecule has 22 heteroatoms. The van der Waals surface area contributed by atoms with Gasteiger partial charge in [0.25, 0.3) is 0 Å². The molecule has 0 aliphatic carbocycles. The first-order valence-corrected chi connectivity index (χ1v) is 17.0. The zero-order valence-electron chi connectivity index (χ0n) is 28.8. The van der Waals surface area contributed by atoms with Gasteiger partial charge in [-0.15, -0.1) is 0 Å². The van der Waals surface area contributed by atoms with E-state index in [2.05, 4.69) is 10.6 Å². The van der Waals surface area contributed by atoms with E-state index in [1.807, 2.05) is 0 Å². The second-order valence-corrected chi connectivity index (χ2v) is 13.2. The van der Waals surface area contributed by atoms with Crippen LogP contribution in [-0.4, -0.2) is 235 Å². The first kappa shape index (κ1) is 45.1. The van der Waals surface area contributed by atoms with Gasteiger partial charge in [-0.25, -0.2) is 0 Å². The van der Waals surface area contributed by atoms with Crippen molar-refractivity contribution in [1.82, 2.24) is 10.6 Å². The summed E-state index contributed by atoms with van der Waals surface area (Å²) in [7, 11) is 0. The number of hydrogen-bond donors (Lipinski definition) is 15. The van der Waals surface area contributed by atoms with Crippen LogP contribution in [0, 0.1) is 0 Å². The lowest BCUT2D eigenvalue weighted by Crippen LogP contribution is -2.64. The highest BCUT2D eigenvalue weighted by atomic mass is 16.7. The maximum Gasteiger partial charge on any atom is 0.217 e. The van der Waals surface area contributed by atoms with Gasteiger partial charge in [0.2, 0.25) is 5.91 Å². The first-order valence-electron chi connectivity index (χ1n) is 17.0. The van der Waals surface area contributed by atoms with Crippen molar-refractivity contribution in [2.45, 2.75) is 137 Å². The van der Waals surface area contributed by atoms with Crippen molar-refractivity contribution >= 4 is 5.91 Å². The van der Waals surface area contributed by atoms with Crippen LogP contribution in [0.25, 0.3) is 0 Å². The van der Waals surface area contributed by atoms with Crippen molar-refractivity contribution in [2.75, 3.05) is 46.1 Å². The van der Waals surface area contributed by atoms with E-state index in [-0.39, 0.29) is 19.8 Å². The molecule has 0 bridgehead atoms. The van der Waals surface area contributed by atoms with Crippen molar-refractivity contribution in [3.63, 3.8) is 0 Å². The van der Waals surface area contributed by atoms with E-state index in [9.17, 15) is 66.1 Å². The minimum Gasteiger partial charge on any atom is -0.394 e. The van der Waals surface area contributed by atoms with E-state index in [1.54, 1.807) is 0 Å². The second kappa shape index (κ2) is 21.1. The molecule has 19 atom stereocenters. The van der Waals surface area contributed by atoms with Crippen LogP contribution in [-0.2, 0) is 33.2 Å². The summed E-state index contributed by atoms with van der Waals surface area (Å²) in [6, 6.07) is -1.00. The Bertz CT molecular complexity index is 1050. The molecule has 0 saturated carbocycles. The fourth-order valence-corrected chi connectivity index (χ4v) is 5.98. The van der Waals surface area contributed by atoms with Crippen LogP contribution in [0.2, 0.25) is 0 Å². The van der Waals surface area contributed by atoms with Crippen LogP contribution >= 0.6 is 0 Å². The van der Waals surface area contributed by atoms with Crippen molar-refractivity contribution in [1.29, 1.82) is 0 Å². The molecule has 52 heavy (non-hydrogen) atoms.